The van der Waals surface area contributed by atoms with E-state index in [2.05, 4.69) is 6.92 Å². The molecule has 3 heteroatoms. The Bertz CT molecular complexity index is 233. The maximum atomic E-state index is 12.5. The molecule has 1 aromatic carbocycles. The van der Waals surface area contributed by atoms with Gasteiger partial charge in [0.15, 0.2) is 0 Å². The van der Waals surface area contributed by atoms with Gasteiger partial charge in [-0.15, -0.1) is 0 Å². The molecule has 0 bridgehead atoms. The third kappa shape index (κ3) is 2.49. The van der Waals surface area contributed by atoms with Crippen LogP contribution in [0.15, 0.2) is 24.3 Å². The zero-order valence-electron chi connectivity index (χ0n) is 6.47. The molecular weight excluding hydrogens is 162 g/mol. The van der Waals surface area contributed by atoms with Crippen LogP contribution >= 0.6 is 0 Å². The number of halogens is 2. The van der Waals surface area contributed by atoms with Gasteiger partial charge in [0.2, 0.25) is 6.36 Å². The lowest BCUT2D eigenvalue weighted by atomic mass is 10.3. The third-order valence-electron chi connectivity index (χ3n) is 1.30. The molecule has 1 unspecified atom stereocenters. The smallest absolute Gasteiger partial charge is 0.238 e. The van der Waals surface area contributed by atoms with Crippen molar-refractivity contribution in [3.63, 3.8) is 0 Å². The van der Waals surface area contributed by atoms with Crippen LogP contribution in [0, 0.1) is 12.7 Å². The Morgan fingerprint density at radius 1 is 1.33 bits per heavy atom. The van der Waals surface area contributed by atoms with E-state index < -0.39 is 6.36 Å². The van der Waals surface area contributed by atoms with Gasteiger partial charge in [0.1, 0.15) is 11.6 Å². The van der Waals surface area contributed by atoms with Gasteiger partial charge in [-0.05, 0) is 31.2 Å². The van der Waals surface area contributed by atoms with E-state index in [1.807, 2.05) is 0 Å². The molecule has 0 fully saturated rings. The van der Waals surface area contributed by atoms with Crippen LogP contribution in [0.1, 0.15) is 6.42 Å². The lowest BCUT2D eigenvalue weighted by Gasteiger charge is -2.08. The van der Waals surface area contributed by atoms with Crippen LogP contribution in [-0.2, 0) is 0 Å². The summed E-state index contributed by atoms with van der Waals surface area (Å²) < 4.78 is 29.6. The van der Waals surface area contributed by atoms with E-state index in [4.69, 9.17) is 4.74 Å². The summed E-state index contributed by atoms with van der Waals surface area (Å²) in [7, 11) is 0. The molecule has 12 heavy (non-hydrogen) atoms. The van der Waals surface area contributed by atoms with E-state index in [1.165, 1.54) is 24.3 Å². The predicted molar refractivity (Wildman–Crippen MR) is 41.9 cm³/mol. The Morgan fingerprint density at radius 2 is 1.92 bits per heavy atom. The molecule has 0 saturated carbocycles. The summed E-state index contributed by atoms with van der Waals surface area (Å²) in [6, 6.07) is 5.17. The van der Waals surface area contributed by atoms with Gasteiger partial charge in [0.25, 0.3) is 0 Å². The predicted octanol–water partition coefficient (Wildman–Crippen LogP) is 2.72. The number of hydrogen-bond donors (Lipinski definition) is 0. The summed E-state index contributed by atoms with van der Waals surface area (Å²) in [6.07, 6.45) is -1.38. The van der Waals surface area contributed by atoms with Crippen LogP contribution in [0.5, 0.6) is 5.75 Å². The molecule has 0 aliphatic heterocycles. The van der Waals surface area contributed by atoms with Crippen molar-refractivity contribution in [1.82, 2.24) is 0 Å². The monoisotopic (exact) mass is 171 g/mol. The molecule has 1 aromatic rings. The molecule has 0 heterocycles. The highest BCUT2D eigenvalue weighted by molar-refractivity contribution is 5.22. The standard InChI is InChI=1S/C9H9F2O/c1-2-9(11)12-8-5-3-7(10)4-6-8/h3-6,9H,1-2H2. The second-order valence-electron chi connectivity index (χ2n) is 2.27. The first kappa shape index (κ1) is 8.97. The van der Waals surface area contributed by atoms with Crippen LogP contribution < -0.4 is 4.74 Å². The highest BCUT2D eigenvalue weighted by atomic mass is 19.1. The van der Waals surface area contributed by atoms with Crippen molar-refractivity contribution in [2.45, 2.75) is 12.8 Å². The van der Waals surface area contributed by atoms with E-state index in [0.29, 0.717) is 5.75 Å². The van der Waals surface area contributed by atoms with Crippen LogP contribution in [0.4, 0.5) is 8.78 Å². The summed E-state index contributed by atoms with van der Waals surface area (Å²) >= 11 is 0. The highest BCUT2D eigenvalue weighted by Crippen LogP contribution is 2.14. The van der Waals surface area contributed by atoms with Gasteiger partial charge in [-0.1, -0.05) is 0 Å². The van der Waals surface area contributed by atoms with Crippen LogP contribution in [0.2, 0.25) is 0 Å². The molecule has 0 aliphatic rings. The molecule has 1 rings (SSSR count). The quantitative estimate of drug-likeness (QED) is 0.679. The summed E-state index contributed by atoms with van der Waals surface area (Å²) in [5.74, 6) is -0.0556. The van der Waals surface area contributed by atoms with E-state index >= 15 is 0 Å². The molecule has 1 atom stereocenters. The fraction of sp³-hybridized carbons (Fsp3) is 0.222. The van der Waals surface area contributed by atoms with Gasteiger partial charge in [-0.25, -0.2) is 8.78 Å². The summed E-state index contributed by atoms with van der Waals surface area (Å²) in [5.41, 5.74) is 0. The van der Waals surface area contributed by atoms with Crippen molar-refractivity contribution >= 4 is 0 Å². The Labute approximate surface area is 70.0 Å². The summed E-state index contributed by atoms with van der Waals surface area (Å²) in [5, 5.41) is 0. The van der Waals surface area contributed by atoms with Crippen LogP contribution in [-0.4, -0.2) is 6.36 Å². The van der Waals surface area contributed by atoms with Gasteiger partial charge in [-0.3, -0.25) is 0 Å². The summed E-state index contributed by atoms with van der Waals surface area (Å²) in [6.45, 7) is 3.33. The lowest BCUT2D eigenvalue weighted by Crippen LogP contribution is -2.07. The zero-order valence-corrected chi connectivity index (χ0v) is 6.47. The first-order valence-electron chi connectivity index (χ1n) is 3.58. The minimum absolute atomic E-state index is 0.0391. The average molecular weight is 171 g/mol. The van der Waals surface area contributed by atoms with Crippen molar-refractivity contribution in [1.29, 1.82) is 0 Å². The third-order valence-corrected chi connectivity index (χ3v) is 1.30. The molecule has 65 valence electrons. The van der Waals surface area contributed by atoms with Gasteiger partial charge in [0.05, 0.1) is 0 Å². The van der Waals surface area contributed by atoms with Crippen molar-refractivity contribution in [2.75, 3.05) is 0 Å². The normalized spacial score (nSPS) is 12.6. The van der Waals surface area contributed by atoms with Crippen molar-refractivity contribution in [3.05, 3.63) is 37.0 Å². The molecule has 0 spiro atoms. The Kier molecular flexibility index (Phi) is 3.02. The lowest BCUT2D eigenvalue weighted by molar-refractivity contribution is 0.0699. The molecule has 1 nitrogen and oxygen atoms in total. The van der Waals surface area contributed by atoms with Gasteiger partial charge in [-0.2, -0.15) is 0 Å². The molecule has 0 aliphatic carbocycles. The molecule has 0 N–H and O–H groups in total. The SMILES string of the molecule is [CH2]CC(F)Oc1ccc(F)cc1. The van der Waals surface area contributed by atoms with Crippen molar-refractivity contribution in [2.24, 2.45) is 0 Å². The molecule has 1 radical (unpaired) electrons. The topological polar surface area (TPSA) is 9.23 Å². The van der Waals surface area contributed by atoms with E-state index in [1.54, 1.807) is 0 Å². The minimum atomic E-state index is -1.42. The second kappa shape index (κ2) is 4.04. The van der Waals surface area contributed by atoms with E-state index in [9.17, 15) is 8.78 Å². The van der Waals surface area contributed by atoms with E-state index in [-0.39, 0.29) is 12.2 Å². The number of rotatable bonds is 3. The Hall–Kier alpha value is -1.12. The first-order valence-corrected chi connectivity index (χ1v) is 3.58. The largest absolute Gasteiger partial charge is 0.460 e. The maximum absolute atomic E-state index is 12.5. The number of hydrogen-bond acceptors (Lipinski definition) is 1. The molecular formula is C9H9F2O. The van der Waals surface area contributed by atoms with Crippen LogP contribution in [0.3, 0.4) is 0 Å². The molecule has 0 saturated heterocycles. The summed E-state index contributed by atoms with van der Waals surface area (Å²) in [4.78, 5) is 0. The van der Waals surface area contributed by atoms with Gasteiger partial charge >= 0.3 is 0 Å². The second-order valence-corrected chi connectivity index (χ2v) is 2.27. The highest BCUT2D eigenvalue weighted by Gasteiger charge is 2.03. The number of alkyl halides is 1. The van der Waals surface area contributed by atoms with Gasteiger partial charge in [0, 0.05) is 6.42 Å². The fourth-order valence-corrected chi connectivity index (χ4v) is 0.720. The Balaban J connectivity index is 2.58. The van der Waals surface area contributed by atoms with Crippen molar-refractivity contribution in [3.8, 4) is 5.75 Å². The number of benzene rings is 1. The van der Waals surface area contributed by atoms with Gasteiger partial charge < -0.3 is 4.74 Å². The average Bonchev–Trinajstić information content (AvgIpc) is 2.09. The molecule has 0 aromatic heterocycles. The minimum Gasteiger partial charge on any atom is -0.460 e. The number of ether oxygens (including phenoxy) is 1. The van der Waals surface area contributed by atoms with Crippen molar-refractivity contribution < 1.29 is 13.5 Å². The first-order chi connectivity index (χ1) is 5.72. The molecule has 0 amide bonds. The van der Waals surface area contributed by atoms with Crippen LogP contribution in [0.25, 0.3) is 0 Å². The Morgan fingerprint density at radius 3 is 2.42 bits per heavy atom. The fourth-order valence-electron chi connectivity index (χ4n) is 0.720. The van der Waals surface area contributed by atoms with E-state index in [0.717, 1.165) is 0 Å². The zero-order chi connectivity index (χ0) is 8.97. The maximum Gasteiger partial charge on any atom is 0.238 e.